The topological polar surface area (TPSA) is 51.0 Å². The van der Waals surface area contributed by atoms with Crippen LogP contribution in [0, 0.1) is 5.82 Å². The van der Waals surface area contributed by atoms with E-state index in [4.69, 9.17) is 0 Å². The van der Waals surface area contributed by atoms with Gasteiger partial charge in [-0.1, -0.05) is 27.2 Å². The molecule has 1 aromatic carbocycles. The molecule has 18 heavy (non-hydrogen) atoms. The molecule has 0 radical (unpaired) electrons. The molecule has 1 atom stereocenters. The molecule has 1 N–H and O–H groups in total. The Labute approximate surface area is 113 Å². The highest BCUT2D eigenvalue weighted by molar-refractivity contribution is 9.10. The molecule has 0 amide bonds. The van der Waals surface area contributed by atoms with Gasteiger partial charge in [0.15, 0.2) is 5.82 Å². The lowest BCUT2D eigenvalue weighted by Gasteiger charge is -2.15. The van der Waals surface area contributed by atoms with Crippen molar-refractivity contribution in [1.82, 2.24) is 15.5 Å². The molecule has 2 rings (SSSR count). The Hall–Kier alpha value is -1.27. The third kappa shape index (κ3) is 3.36. The molecule has 2 aromatic rings. The molecule has 0 bridgehead atoms. The van der Waals surface area contributed by atoms with E-state index in [1.165, 1.54) is 18.5 Å². The zero-order valence-corrected chi connectivity index (χ0v) is 11.4. The Morgan fingerprint density at radius 3 is 3.00 bits per heavy atom. The van der Waals surface area contributed by atoms with Crippen molar-refractivity contribution in [2.24, 2.45) is 0 Å². The first-order valence-electron chi connectivity index (χ1n) is 5.60. The van der Waals surface area contributed by atoms with Crippen molar-refractivity contribution in [2.45, 2.75) is 19.4 Å². The van der Waals surface area contributed by atoms with Crippen LogP contribution in [0.25, 0.3) is 0 Å². The Bertz CT molecular complexity index is 504. The molecule has 0 aliphatic heterocycles. The lowest BCUT2D eigenvalue weighted by molar-refractivity contribution is 0.408. The smallest absolute Gasteiger partial charge is 0.213 e. The van der Waals surface area contributed by atoms with E-state index in [9.17, 15) is 4.39 Å². The van der Waals surface area contributed by atoms with Gasteiger partial charge in [0.05, 0.1) is 0 Å². The number of hydrogen-bond acceptors (Lipinski definition) is 4. The van der Waals surface area contributed by atoms with Gasteiger partial charge in [-0.3, -0.25) is 0 Å². The molecule has 0 fully saturated rings. The van der Waals surface area contributed by atoms with E-state index < -0.39 is 0 Å². The molecule has 0 saturated heterocycles. The summed E-state index contributed by atoms with van der Waals surface area (Å²) in [5.74, 6) is 0.428. The molecular formula is C12H13BrFN3O. The third-order valence-corrected chi connectivity index (χ3v) is 3.32. The Kier molecular flexibility index (Phi) is 4.43. The van der Waals surface area contributed by atoms with Crippen LogP contribution in [0.15, 0.2) is 33.6 Å². The molecule has 6 heteroatoms. The van der Waals surface area contributed by atoms with Crippen LogP contribution in [0.5, 0.6) is 0 Å². The Morgan fingerprint density at radius 1 is 1.50 bits per heavy atom. The molecule has 96 valence electrons. The highest BCUT2D eigenvalue weighted by Gasteiger charge is 2.09. The van der Waals surface area contributed by atoms with E-state index >= 15 is 0 Å². The summed E-state index contributed by atoms with van der Waals surface area (Å²) in [6.07, 6.45) is 2.01. The number of hydrogen-bond donors (Lipinski definition) is 1. The first-order valence-corrected chi connectivity index (χ1v) is 6.39. The summed E-state index contributed by atoms with van der Waals surface area (Å²) in [7, 11) is 0. The fourth-order valence-electron chi connectivity index (χ4n) is 1.67. The highest BCUT2D eigenvalue weighted by atomic mass is 79.9. The summed E-state index contributed by atoms with van der Waals surface area (Å²) < 4.78 is 18.4. The second-order valence-electron chi connectivity index (χ2n) is 3.94. The van der Waals surface area contributed by atoms with Crippen LogP contribution in [0.3, 0.4) is 0 Å². The standard InChI is InChI=1S/C12H13BrFN3O/c1-8(10-3-2-9(14)6-11(10)13)15-5-4-12-16-7-18-17-12/h2-3,6-8,15H,4-5H2,1H3. The van der Waals surface area contributed by atoms with Gasteiger partial charge in [0.1, 0.15) is 5.82 Å². The minimum atomic E-state index is -0.246. The van der Waals surface area contributed by atoms with Crippen molar-refractivity contribution in [3.05, 3.63) is 46.3 Å². The van der Waals surface area contributed by atoms with Gasteiger partial charge < -0.3 is 9.84 Å². The van der Waals surface area contributed by atoms with E-state index in [2.05, 4.69) is 35.9 Å². The minimum absolute atomic E-state index is 0.117. The van der Waals surface area contributed by atoms with Crippen LogP contribution in [0.1, 0.15) is 24.4 Å². The second kappa shape index (κ2) is 6.06. The van der Waals surface area contributed by atoms with Gasteiger partial charge in [-0.25, -0.2) is 4.39 Å². The van der Waals surface area contributed by atoms with Crippen LogP contribution >= 0.6 is 15.9 Å². The van der Waals surface area contributed by atoms with Crippen LogP contribution in [-0.2, 0) is 6.42 Å². The monoisotopic (exact) mass is 313 g/mol. The van der Waals surface area contributed by atoms with Crippen molar-refractivity contribution in [3.8, 4) is 0 Å². The first-order chi connectivity index (χ1) is 8.66. The Balaban J connectivity index is 1.89. The maximum absolute atomic E-state index is 13.0. The molecular weight excluding hydrogens is 301 g/mol. The van der Waals surface area contributed by atoms with Crippen molar-refractivity contribution < 1.29 is 8.91 Å². The normalized spacial score (nSPS) is 12.6. The van der Waals surface area contributed by atoms with Crippen LogP contribution < -0.4 is 5.32 Å². The number of rotatable bonds is 5. The summed E-state index contributed by atoms with van der Waals surface area (Å²) in [6.45, 7) is 2.75. The van der Waals surface area contributed by atoms with Gasteiger partial charge in [-0.2, -0.15) is 4.98 Å². The molecule has 0 saturated carbocycles. The lowest BCUT2D eigenvalue weighted by Crippen LogP contribution is -2.22. The third-order valence-electron chi connectivity index (χ3n) is 2.64. The average Bonchev–Trinajstić information content (AvgIpc) is 2.81. The minimum Gasteiger partial charge on any atom is -0.343 e. The number of benzene rings is 1. The second-order valence-corrected chi connectivity index (χ2v) is 4.79. The molecule has 1 heterocycles. The van der Waals surface area contributed by atoms with Crippen LogP contribution in [0.4, 0.5) is 4.39 Å². The SMILES string of the molecule is CC(NCCc1ncon1)c1ccc(F)cc1Br. The highest BCUT2D eigenvalue weighted by Crippen LogP contribution is 2.23. The van der Waals surface area contributed by atoms with Gasteiger partial charge in [-0.15, -0.1) is 0 Å². The summed E-state index contributed by atoms with van der Waals surface area (Å²) in [5, 5.41) is 7.05. The van der Waals surface area contributed by atoms with Gasteiger partial charge in [-0.05, 0) is 24.6 Å². The predicted molar refractivity (Wildman–Crippen MR) is 68.5 cm³/mol. The number of nitrogens with zero attached hydrogens (tertiary/aromatic N) is 2. The van der Waals surface area contributed by atoms with Gasteiger partial charge in [0.25, 0.3) is 0 Å². The molecule has 4 nitrogen and oxygen atoms in total. The van der Waals surface area contributed by atoms with Crippen molar-refractivity contribution >= 4 is 15.9 Å². The maximum Gasteiger partial charge on any atom is 0.213 e. The zero-order valence-electron chi connectivity index (χ0n) is 9.86. The molecule has 1 unspecified atom stereocenters. The molecule has 0 spiro atoms. The summed E-state index contributed by atoms with van der Waals surface area (Å²) in [5.41, 5.74) is 1.02. The molecule has 1 aromatic heterocycles. The first kappa shape index (κ1) is 13.2. The van der Waals surface area contributed by atoms with Gasteiger partial charge in [0.2, 0.25) is 6.39 Å². The summed E-state index contributed by atoms with van der Waals surface area (Å²) >= 11 is 3.36. The summed E-state index contributed by atoms with van der Waals surface area (Å²) in [4.78, 5) is 3.94. The maximum atomic E-state index is 13.0. The molecule has 0 aliphatic carbocycles. The summed E-state index contributed by atoms with van der Waals surface area (Å²) in [6, 6.07) is 4.81. The quantitative estimate of drug-likeness (QED) is 0.922. The number of halogens is 2. The van der Waals surface area contributed by atoms with Crippen molar-refractivity contribution in [3.63, 3.8) is 0 Å². The van der Waals surface area contributed by atoms with Crippen molar-refractivity contribution in [2.75, 3.05) is 6.54 Å². The van der Waals surface area contributed by atoms with Gasteiger partial charge >= 0.3 is 0 Å². The van der Waals surface area contributed by atoms with Crippen molar-refractivity contribution in [1.29, 1.82) is 0 Å². The number of aromatic nitrogens is 2. The van der Waals surface area contributed by atoms with E-state index in [-0.39, 0.29) is 11.9 Å². The average molecular weight is 314 g/mol. The fourth-order valence-corrected chi connectivity index (χ4v) is 2.36. The lowest BCUT2D eigenvalue weighted by atomic mass is 10.1. The fraction of sp³-hybridized carbons (Fsp3) is 0.333. The van der Waals surface area contributed by atoms with E-state index in [0.717, 1.165) is 16.6 Å². The number of nitrogens with one attached hydrogen (secondary N) is 1. The molecule has 0 aliphatic rings. The van der Waals surface area contributed by atoms with E-state index in [1.54, 1.807) is 6.07 Å². The Morgan fingerprint density at radius 2 is 2.33 bits per heavy atom. The predicted octanol–water partition coefficient (Wildman–Crippen LogP) is 2.86. The van der Waals surface area contributed by atoms with Gasteiger partial charge in [0, 0.05) is 23.5 Å². The largest absolute Gasteiger partial charge is 0.343 e. The van der Waals surface area contributed by atoms with Crippen LogP contribution in [0.2, 0.25) is 0 Å². The van der Waals surface area contributed by atoms with E-state index in [1.807, 2.05) is 6.92 Å². The van der Waals surface area contributed by atoms with E-state index in [0.29, 0.717) is 12.2 Å². The van der Waals surface area contributed by atoms with Crippen LogP contribution in [-0.4, -0.2) is 16.7 Å². The zero-order chi connectivity index (χ0) is 13.0.